The molecular formula is C22H28N8OS. The minimum Gasteiger partial charge on any atom is -0.369 e. The lowest BCUT2D eigenvalue weighted by Crippen LogP contribution is -2.48. The number of pyridine rings is 1. The maximum absolute atomic E-state index is 11.2. The molecule has 1 fully saturated rings. The minimum atomic E-state index is -0.273. The number of nitrogens with zero attached hydrogens (tertiary/aromatic N) is 6. The van der Waals surface area contributed by atoms with E-state index in [4.69, 9.17) is 10.7 Å². The molecule has 168 valence electrons. The zero-order chi connectivity index (χ0) is 22.6. The van der Waals surface area contributed by atoms with Crippen LogP contribution in [-0.2, 0) is 4.79 Å². The van der Waals surface area contributed by atoms with Gasteiger partial charge in [0.15, 0.2) is 10.8 Å². The van der Waals surface area contributed by atoms with Gasteiger partial charge >= 0.3 is 0 Å². The quantitative estimate of drug-likeness (QED) is 0.482. The number of primary amides is 1. The summed E-state index contributed by atoms with van der Waals surface area (Å²) in [4.78, 5) is 29.8. The Bertz CT molecular complexity index is 1310. The average molecular weight is 453 g/mol. The van der Waals surface area contributed by atoms with Gasteiger partial charge in [0.05, 0.1) is 12.2 Å². The van der Waals surface area contributed by atoms with E-state index in [0.717, 1.165) is 64.1 Å². The fraction of sp³-hybridized carbons (Fsp3) is 0.455. The van der Waals surface area contributed by atoms with E-state index in [9.17, 15) is 4.79 Å². The monoisotopic (exact) mass is 452 g/mol. The second-order valence-corrected chi connectivity index (χ2v) is 9.77. The first-order valence-electron chi connectivity index (χ1n) is 10.9. The maximum Gasteiger partial charge on any atom is 0.231 e. The van der Waals surface area contributed by atoms with E-state index in [2.05, 4.69) is 58.8 Å². The Hall–Kier alpha value is -2.98. The van der Waals surface area contributed by atoms with Gasteiger partial charge in [-0.1, -0.05) is 25.2 Å². The second-order valence-electron chi connectivity index (χ2n) is 8.79. The highest BCUT2D eigenvalue weighted by Crippen LogP contribution is 2.41. The largest absolute Gasteiger partial charge is 0.369 e. The number of aromatic nitrogens is 5. The highest BCUT2D eigenvalue weighted by Gasteiger charge is 2.25. The van der Waals surface area contributed by atoms with Crippen LogP contribution in [0.1, 0.15) is 36.5 Å². The summed E-state index contributed by atoms with van der Waals surface area (Å²) in [6.45, 7) is 12.3. The topological polar surface area (TPSA) is 108 Å². The molecule has 4 aromatic rings. The van der Waals surface area contributed by atoms with Crippen molar-refractivity contribution in [2.75, 3.05) is 37.6 Å². The smallest absolute Gasteiger partial charge is 0.231 e. The molecule has 1 aliphatic rings. The van der Waals surface area contributed by atoms with E-state index >= 15 is 0 Å². The molecule has 32 heavy (non-hydrogen) atoms. The van der Waals surface area contributed by atoms with Gasteiger partial charge in [-0.3, -0.25) is 9.69 Å². The Kier molecular flexibility index (Phi) is 5.13. The number of aromatic amines is 1. The van der Waals surface area contributed by atoms with Crippen LogP contribution >= 0.6 is 11.3 Å². The van der Waals surface area contributed by atoms with Crippen molar-refractivity contribution in [1.29, 1.82) is 0 Å². The Morgan fingerprint density at radius 2 is 1.97 bits per heavy atom. The van der Waals surface area contributed by atoms with Crippen LogP contribution in [0, 0.1) is 13.8 Å². The van der Waals surface area contributed by atoms with Crippen LogP contribution in [0.4, 0.5) is 5.13 Å². The van der Waals surface area contributed by atoms with Crippen molar-refractivity contribution in [2.45, 2.75) is 33.6 Å². The number of carbonyl (C=O) groups is 1. The number of hydrogen-bond donors (Lipinski definition) is 2. The number of carbonyl (C=O) groups excluding carboxylic acids is 1. The van der Waals surface area contributed by atoms with E-state index in [1.165, 1.54) is 11.1 Å². The molecule has 1 amide bonds. The van der Waals surface area contributed by atoms with E-state index in [0.29, 0.717) is 12.5 Å². The molecule has 3 N–H and O–H groups in total. The molecule has 0 saturated carbocycles. The summed E-state index contributed by atoms with van der Waals surface area (Å²) in [5, 5.41) is 5.39. The summed E-state index contributed by atoms with van der Waals surface area (Å²) in [7, 11) is 0. The van der Waals surface area contributed by atoms with Crippen LogP contribution in [0.15, 0.2) is 12.5 Å². The van der Waals surface area contributed by atoms with Crippen molar-refractivity contribution in [3.63, 3.8) is 0 Å². The van der Waals surface area contributed by atoms with Gasteiger partial charge in [0.1, 0.15) is 16.7 Å². The van der Waals surface area contributed by atoms with E-state index in [-0.39, 0.29) is 5.91 Å². The fourth-order valence-corrected chi connectivity index (χ4v) is 5.59. The number of amides is 1. The molecule has 9 nitrogen and oxygen atoms in total. The minimum absolute atomic E-state index is 0.273. The molecule has 4 aromatic heterocycles. The number of piperazine rings is 1. The SMILES string of the molecule is Cc1c(-c2[nH]c3sc(N4CCN(CC(N)=O)CC4)nc3c2C(C)C)cn2ncnc2c1C. The number of fused-ring (bicyclic) bond motifs is 2. The first-order valence-corrected chi connectivity index (χ1v) is 11.7. The van der Waals surface area contributed by atoms with Crippen molar-refractivity contribution in [2.24, 2.45) is 5.73 Å². The van der Waals surface area contributed by atoms with Crippen molar-refractivity contribution in [3.05, 3.63) is 29.2 Å². The van der Waals surface area contributed by atoms with Crippen molar-refractivity contribution in [3.8, 4) is 11.3 Å². The lowest BCUT2D eigenvalue weighted by atomic mass is 9.96. The third kappa shape index (κ3) is 3.43. The lowest BCUT2D eigenvalue weighted by Gasteiger charge is -2.33. The number of nitrogens with two attached hydrogens (primary N) is 1. The summed E-state index contributed by atoms with van der Waals surface area (Å²) in [6, 6.07) is 0. The molecule has 1 aliphatic heterocycles. The summed E-state index contributed by atoms with van der Waals surface area (Å²) in [5.41, 5.74) is 13.1. The van der Waals surface area contributed by atoms with Gasteiger partial charge in [-0.25, -0.2) is 14.5 Å². The lowest BCUT2D eigenvalue weighted by molar-refractivity contribution is -0.119. The first kappa shape index (κ1) is 20.9. The van der Waals surface area contributed by atoms with Gasteiger partial charge in [0, 0.05) is 43.5 Å². The molecule has 10 heteroatoms. The molecule has 1 saturated heterocycles. The van der Waals surface area contributed by atoms with Crippen LogP contribution in [-0.4, -0.2) is 68.1 Å². The van der Waals surface area contributed by atoms with Gasteiger partial charge < -0.3 is 15.6 Å². The molecule has 0 spiro atoms. The number of aryl methyl sites for hydroxylation is 1. The first-order chi connectivity index (χ1) is 15.3. The highest BCUT2D eigenvalue weighted by molar-refractivity contribution is 7.21. The number of H-pyrrole nitrogens is 1. The third-order valence-electron chi connectivity index (χ3n) is 6.37. The molecule has 5 rings (SSSR count). The van der Waals surface area contributed by atoms with Gasteiger partial charge in [-0.2, -0.15) is 5.10 Å². The Morgan fingerprint density at radius 3 is 2.66 bits per heavy atom. The van der Waals surface area contributed by atoms with Crippen LogP contribution < -0.4 is 10.6 Å². The second kappa shape index (κ2) is 7.86. The van der Waals surface area contributed by atoms with Crippen LogP contribution in [0.5, 0.6) is 0 Å². The number of rotatable bonds is 5. The van der Waals surface area contributed by atoms with Crippen LogP contribution in [0.2, 0.25) is 0 Å². The standard InChI is InChI=1S/C22H28N8OS/c1-12(2)17-18(15-9-30-20(24-11-25-30)14(4)13(15)3)26-21-19(17)27-22(32-21)29-7-5-28(6-8-29)10-16(23)31/h9,11-12,26H,5-8,10H2,1-4H3,(H2,23,31). The summed E-state index contributed by atoms with van der Waals surface area (Å²) in [5.74, 6) is 0.0389. The maximum atomic E-state index is 11.2. The van der Waals surface area contributed by atoms with Crippen molar-refractivity contribution < 1.29 is 4.79 Å². The average Bonchev–Trinajstić information content (AvgIpc) is 3.44. The molecule has 0 aliphatic carbocycles. The summed E-state index contributed by atoms with van der Waals surface area (Å²) >= 11 is 1.70. The summed E-state index contributed by atoms with van der Waals surface area (Å²) in [6.07, 6.45) is 3.66. The predicted octanol–water partition coefficient (Wildman–Crippen LogP) is 2.68. The highest BCUT2D eigenvalue weighted by atomic mass is 32.1. The van der Waals surface area contributed by atoms with Crippen molar-refractivity contribution >= 4 is 38.4 Å². The summed E-state index contributed by atoms with van der Waals surface area (Å²) < 4.78 is 1.85. The Labute approximate surface area is 190 Å². The molecule has 0 atom stereocenters. The van der Waals surface area contributed by atoms with Gasteiger partial charge in [-0.15, -0.1) is 0 Å². The Morgan fingerprint density at radius 1 is 1.22 bits per heavy atom. The van der Waals surface area contributed by atoms with E-state index in [1.807, 2.05) is 4.52 Å². The van der Waals surface area contributed by atoms with Gasteiger partial charge in [0.25, 0.3) is 0 Å². The van der Waals surface area contributed by atoms with E-state index in [1.54, 1.807) is 17.7 Å². The zero-order valence-corrected chi connectivity index (χ0v) is 19.7. The van der Waals surface area contributed by atoms with Crippen LogP contribution in [0.3, 0.4) is 0 Å². The predicted molar refractivity (Wildman–Crippen MR) is 127 cm³/mol. The molecule has 5 heterocycles. The normalized spacial score (nSPS) is 15.5. The van der Waals surface area contributed by atoms with Gasteiger partial charge in [-0.05, 0) is 30.9 Å². The number of thiazole rings is 1. The number of anilines is 1. The molecule has 0 unspecified atom stereocenters. The molecular weight excluding hydrogens is 424 g/mol. The number of nitrogens with one attached hydrogen (secondary N) is 1. The van der Waals surface area contributed by atoms with Gasteiger partial charge in [0.2, 0.25) is 5.91 Å². The molecule has 0 bridgehead atoms. The molecule has 0 aromatic carbocycles. The third-order valence-corrected chi connectivity index (χ3v) is 7.41. The zero-order valence-electron chi connectivity index (χ0n) is 18.8. The Balaban J connectivity index is 1.52. The van der Waals surface area contributed by atoms with E-state index < -0.39 is 0 Å². The van der Waals surface area contributed by atoms with Crippen LogP contribution in [0.25, 0.3) is 27.3 Å². The number of hydrogen-bond acceptors (Lipinski definition) is 7. The molecule has 0 radical (unpaired) electrons. The fourth-order valence-electron chi connectivity index (χ4n) is 4.56. The van der Waals surface area contributed by atoms with Crippen molar-refractivity contribution in [1.82, 2.24) is 29.5 Å².